The van der Waals surface area contributed by atoms with Gasteiger partial charge >= 0.3 is 0 Å². The highest BCUT2D eigenvalue weighted by atomic mass is 16.5. The Hall–Kier alpha value is -2.01. The van der Waals surface area contributed by atoms with Crippen molar-refractivity contribution >= 4 is 0 Å². The van der Waals surface area contributed by atoms with Gasteiger partial charge in [0.1, 0.15) is 24.2 Å². The van der Waals surface area contributed by atoms with E-state index in [1.807, 2.05) is 30.3 Å². The van der Waals surface area contributed by atoms with E-state index in [-0.39, 0.29) is 6.61 Å². The zero-order valence-corrected chi connectivity index (χ0v) is 11.8. The highest BCUT2D eigenvalue weighted by Crippen LogP contribution is 2.26. The SMILES string of the molecule is CCCn1ncc(OC)c1C(O)COc1ccccc1. The van der Waals surface area contributed by atoms with Crippen LogP contribution in [0.1, 0.15) is 25.1 Å². The maximum Gasteiger partial charge on any atom is 0.162 e. The van der Waals surface area contributed by atoms with Gasteiger partial charge in [-0.1, -0.05) is 25.1 Å². The molecule has 1 aromatic heterocycles. The molecule has 2 rings (SSSR count). The van der Waals surface area contributed by atoms with E-state index in [9.17, 15) is 5.11 Å². The van der Waals surface area contributed by atoms with Crippen molar-refractivity contribution < 1.29 is 14.6 Å². The minimum absolute atomic E-state index is 0.162. The summed E-state index contributed by atoms with van der Waals surface area (Å²) in [5.74, 6) is 1.31. The number of hydrogen-bond acceptors (Lipinski definition) is 4. The van der Waals surface area contributed by atoms with E-state index in [4.69, 9.17) is 9.47 Å². The van der Waals surface area contributed by atoms with E-state index >= 15 is 0 Å². The fourth-order valence-corrected chi connectivity index (χ4v) is 2.03. The van der Waals surface area contributed by atoms with E-state index < -0.39 is 6.10 Å². The molecular formula is C15H20N2O3. The normalized spacial score (nSPS) is 12.2. The third-order valence-electron chi connectivity index (χ3n) is 2.97. The number of para-hydroxylation sites is 1. The summed E-state index contributed by atoms with van der Waals surface area (Å²) >= 11 is 0. The van der Waals surface area contributed by atoms with Crippen molar-refractivity contribution in [3.8, 4) is 11.5 Å². The Morgan fingerprint density at radius 1 is 1.30 bits per heavy atom. The van der Waals surface area contributed by atoms with Crippen molar-refractivity contribution in [1.82, 2.24) is 9.78 Å². The van der Waals surface area contributed by atoms with Gasteiger partial charge in [0.2, 0.25) is 0 Å². The molecule has 5 nitrogen and oxygen atoms in total. The monoisotopic (exact) mass is 276 g/mol. The predicted octanol–water partition coefficient (Wildman–Crippen LogP) is 2.41. The molecule has 2 aromatic rings. The minimum atomic E-state index is -0.779. The number of aliphatic hydroxyl groups excluding tert-OH is 1. The van der Waals surface area contributed by atoms with Gasteiger partial charge in [-0.3, -0.25) is 4.68 Å². The summed E-state index contributed by atoms with van der Waals surface area (Å²) in [5.41, 5.74) is 0.658. The molecule has 5 heteroatoms. The third-order valence-corrected chi connectivity index (χ3v) is 2.97. The third kappa shape index (κ3) is 3.30. The number of nitrogens with zero attached hydrogens (tertiary/aromatic N) is 2. The van der Waals surface area contributed by atoms with E-state index in [0.29, 0.717) is 11.4 Å². The minimum Gasteiger partial charge on any atom is -0.493 e. The Kier molecular flexibility index (Phi) is 5.01. The molecule has 0 saturated heterocycles. The summed E-state index contributed by atoms with van der Waals surface area (Å²) in [7, 11) is 1.57. The molecule has 0 radical (unpaired) electrons. The van der Waals surface area contributed by atoms with Crippen LogP contribution in [0.5, 0.6) is 11.5 Å². The van der Waals surface area contributed by atoms with Crippen molar-refractivity contribution in [1.29, 1.82) is 0 Å². The Bertz CT molecular complexity index is 525. The molecule has 1 unspecified atom stereocenters. The van der Waals surface area contributed by atoms with Crippen LogP contribution in [0.2, 0.25) is 0 Å². The van der Waals surface area contributed by atoms with Gasteiger partial charge in [0.25, 0.3) is 0 Å². The second-order valence-electron chi connectivity index (χ2n) is 4.46. The van der Waals surface area contributed by atoms with Gasteiger partial charge in [0.05, 0.1) is 13.3 Å². The Labute approximate surface area is 118 Å². The molecule has 108 valence electrons. The lowest BCUT2D eigenvalue weighted by molar-refractivity contribution is 0.0974. The van der Waals surface area contributed by atoms with Crippen molar-refractivity contribution in [3.05, 3.63) is 42.2 Å². The number of aryl methyl sites for hydroxylation is 1. The topological polar surface area (TPSA) is 56.5 Å². The molecule has 0 bridgehead atoms. The summed E-state index contributed by atoms with van der Waals surface area (Å²) in [4.78, 5) is 0. The first-order chi connectivity index (χ1) is 9.76. The second-order valence-corrected chi connectivity index (χ2v) is 4.46. The summed E-state index contributed by atoms with van der Waals surface area (Å²) in [6, 6.07) is 9.41. The molecule has 0 amide bonds. The quantitative estimate of drug-likeness (QED) is 0.843. The Balaban J connectivity index is 2.08. The van der Waals surface area contributed by atoms with E-state index in [0.717, 1.165) is 18.7 Å². The zero-order valence-electron chi connectivity index (χ0n) is 11.8. The number of aliphatic hydroxyl groups is 1. The molecule has 1 atom stereocenters. The van der Waals surface area contributed by atoms with Gasteiger partial charge in [0.15, 0.2) is 5.75 Å². The van der Waals surface area contributed by atoms with E-state index in [1.165, 1.54) is 0 Å². The zero-order chi connectivity index (χ0) is 14.4. The molecule has 20 heavy (non-hydrogen) atoms. The lowest BCUT2D eigenvalue weighted by Gasteiger charge is -2.15. The van der Waals surface area contributed by atoms with Gasteiger partial charge in [-0.2, -0.15) is 5.10 Å². The number of benzene rings is 1. The van der Waals surface area contributed by atoms with Gasteiger partial charge < -0.3 is 14.6 Å². The molecule has 1 aromatic carbocycles. The Morgan fingerprint density at radius 3 is 2.70 bits per heavy atom. The first kappa shape index (κ1) is 14.4. The maximum atomic E-state index is 10.3. The van der Waals surface area contributed by atoms with E-state index in [2.05, 4.69) is 12.0 Å². The first-order valence-corrected chi connectivity index (χ1v) is 6.71. The number of methoxy groups -OCH3 is 1. The van der Waals surface area contributed by atoms with Crippen LogP contribution in [-0.2, 0) is 6.54 Å². The van der Waals surface area contributed by atoms with Crippen LogP contribution >= 0.6 is 0 Å². The molecule has 0 aliphatic carbocycles. The van der Waals surface area contributed by atoms with Crippen LogP contribution in [0, 0.1) is 0 Å². The summed E-state index contributed by atoms with van der Waals surface area (Å²) in [5, 5.41) is 14.6. The van der Waals surface area contributed by atoms with Gasteiger partial charge in [0, 0.05) is 6.54 Å². The number of aromatic nitrogens is 2. The lowest BCUT2D eigenvalue weighted by atomic mass is 10.2. The molecule has 0 aliphatic heterocycles. The summed E-state index contributed by atoms with van der Waals surface area (Å²) in [6.45, 7) is 2.96. The van der Waals surface area contributed by atoms with Gasteiger partial charge in [-0.15, -0.1) is 0 Å². The van der Waals surface area contributed by atoms with Crippen LogP contribution in [0.3, 0.4) is 0 Å². The molecule has 1 N–H and O–H groups in total. The average Bonchev–Trinajstić information content (AvgIpc) is 2.89. The van der Waals surface area contributed by atoms with Crippen molar-refractivity contribution in [2.45, 2.75) is 26.0 Å². The standard InChI is InChI=1S/C15H20N2O3/c1-3-9-17-15(14(19-2)10-16-17)13(18)11-20-12-7-5-4-6-8-12/h4-8,10,13,18H,3,9,11H2,1-2H3. The highest BCUT2D eigenvalue weighted by molar-refractivity contribution is 5.28. The van der Waals surface area contributed by atoms with Crippen LogP contribution in [-0.4, -0.2) is 28.6 Å². The lowest BCUT2D eigenvalue weighted by Crippen LogP contribution is -2.16. The van der Waals surface area contributed by atoms with Gasteiger partial charge in [-0.05, 0) is 18.6 Å². The molecule has 0 saturated carbocycles. The molecule has 0 fully saturated rings. The summed E-state index contributed by atoms with van der Waals surface area (Å²) < 4.78 is 12.6. The van der Waals surface area contributed by atoms with Crippen LogP contribution in [0.4, 0.5) is 0 Å². The number of hydrogen-bond donors (Lipinski definition) is 1. The highest BCUT2D eigenvalue weighted by Gasteiger charge is 2.20. The smallest absolute Gasteiger partial charge is 0.162 e. The molecular weight excluding hydrogens is 256 g/mol. The average molecular weight is 276 g/mol. The molecule has 1 heterocycles. The van der Waals surface area contributed by atoms with Crippen LogP contribution in [0.25, 0.3) is 0 Å². The fraction of sp³-hybridized carbons (Fsp3) is 0.400. The molecule has 0 aliphatic rings. The van der Waals surface area contributed by atoms with Crippen LogP contribution in [0.15, 0.2) is 36.5 Å². The van der Waals surface area contributed by atoms with Gasteiger partial charge in [-0.25, -0.2) is 0 Å². The Morgan fingerprint density at radius 2 is 2.05 bits per heavy atom. The first-order valence-electron chi connectivity index (χ1n) is 6.71. The van der Waals surface area contributed by atoms with E-state index in [1.54, 1.807) is 18.0 Å². The molecule has 0 spiro atoms. The fourth-order valence-electron chi connectivity index (χ4n) is 2.03. The van der Waals surface area contributed by atoms with Crippen LogP contribution < -0.4 is 9.47 Å². The van der Waals surface area contributed by atoms with Crippen molar-refractivity contribution in [2.24, 2.45) is 0 Å². The number of rotatable bonds is 7. The summed E-state index contributed by atoms with van der Waals surface area (Å²) in [6.07, 6.45) is 1.78. The van der Waals surface area contributed by atoms with Crippen molar-refractivity contribution in [3.63, 3.8) is 0 Å². The maximum absolute atomic E-state index is 10.3. The predicted molar refractivity (Wildman–Crippen MR) is 76.0 cm³/mol. The van der Waals surface area contributed by atoms with Crippen molar-refractivity contribution in [2.75, 3.05) is 13.7 Å². The largest absolute Gasteiger partial charge is 0.493 e. The second kappa shape index (κ2) is 6.96. The number of ether oxygens (including phenoxy) is 2.